The van der Waals surface area contributed by atoms with Crippen molar-refractivity contribution in [3.8, 4) is 10.8 Å². The highest BCUT2D eigenvalue weighted by atomic mass is 32.1. The van der Waals surface area contributed by atoms with Crippen LogP contribution in [-0.2, 0) is 0 Å². The highest BCUT2D eigenvalue weighted by molar-refractivity contribution is 7.14. The highest BCUT2D eigenvalue weighted by Crippen LogP contribution is 2.25. The number of nitrogens with zero attached hydrogens (tertiary/aromatic N) is 2. The fraction of sp³-hybridized carbons (Fsp3) is 0. The molecule has 0 bridgehead atoms. The molecule has 3 heterocycles. The van der Waals surface area contributed by atoms with Crippen LogP contribution in [0.15, 0.2) is 34.4 Å². The Morgan fingerprint density at radius 2 is 2.30 bits per heavy atom. The summed E-state index contributed by atoms with van der Waals surface area (Å²) in [5.41, 5.74) is 0.786. The summed E-state index contributed by atoms with van der Waals surface area (Å²) >= 11 is 2.61. The minimum atomic E-state index is -0.962. The molecule has 5 nitrogen and oxygen atoms in total. The molecule has 0 aliphatic rings. The van der Waals surface area contributed by atoms with Crippen molar-refractivity contribution < 1.29 is 14.3 Å². The molecule has 20 heavy (non-hydrogen) atoms. The molecule has 0 saturated carbocycles. The summed E-state index contributed by atoms with van der Waals surface area (Å²) in [7, 11) is 0. The van der Waals surface area contributed by atoms with Gasteiger partial charge in [-0.1, -0.05) is 0 Å². The number of hydrogen-bond acceptors (Lipinski definition) is 6. The van der Waals surface area contributed by atoms with Crippen molar-refractivity contribution in [2.24, 2.45) is 0 Å². The summed E-state index contributed by atoms with van der Waals surface area (Å²) in [5.74, 6) is -0.229. The van der Waals surface area contributed by atoms with Gasteiger partial charge in [0.25, 0.3) is 0 Å². The zero-order valence-electron chi connectivity index (χ0n) is 10.0. The maximum Gasteiger partial charge on any atom is 0.347 e. The van der Waals surface area contributed by atoms with Gasteiger partial charge >= 0.3 is 5.97 Å². The van der Waals surface area contributed by atoms with Crippen molar-refractivity contribution in [2.75, 3.05) is 0 Å². The second-order valence-electron chi connectivity index (χ2n) is 3.76. The third-order valence-corrected chi connectivity index (χ3v) is 4.21. The van der Waals surface area contributed by atoms with E-state index in [0.29, 0.717) is 5.01 Å². The summed E-state index contributed by atoms with van der Waals surface area (Å²) < 4.78 is 5.27. The molecule has 0 radical (unpaired) electrons. The van der Waals surface area contributed by atoms with E-state index in [9.17, 15) is 4.79 Å². The molecule has 3 rings (SSSR count). The number of hydrogen-bond donors (Lipinski definition) is 1. The fourth-order valence-electron chi connectivity index (χ4n) is 1.50. The van der Waals surface area contributed by atoms with E-state index in [1.807, 2.05) is 17.5 Å². The number of aromatic nitrogens is 2. The minimum Gasteiger partial charge on any atom is -0.477 e. The first-order valence-electron chi connectivity index (χ1n) is 5.59. The lowest BCUT2D eigenvalue weighted by molar-refractivity contribution is 0.0702. The third kappa shape index (κ3) is 2.68. The zero-order chi connectivity index (χ0) is 13.9. The number of carbonyl (C=O) groups is 1. The van der Waals surface area contributed by atoms with Gasteiger partial charge in [-0.05, 0) is 24.3 Å². The van der Waals surface area contributed by atoms with E-state index >= 15 is 0 Å². The molecular weight excluding hydrogens is 296 g/mol. The van der Waals surface area contributed by atoms with Crippen LogP contribution in [0.5, 0.6) is 0 Å². The Balaban J connectivity index is 1.77. The molecule has 0 aliphatic carbocycles. The van der Waals surface area contributed by atoms with Gasteiger partial charge in [-0.2, -0.15) is 0 Å². The van der Waals surface area contributed by atoms with Gasteiger partial charge in [0.05, 0.1) is 18.2 Å². The first kappa shape index (κ1) is 12.8. The van der Waals surface area contributed by atoms with E-state index in [1.165, 1.54) is 17.5 Å². The van der Waals surface area contributed by atoms with E-state index in [4.69, 9.17) is 9.52 Å². The molecule has 1 N–H and O–H groups in total. The van der Waals surface area contributed by atoms with Gasteiger partial charge < -0.3 is 9.52 Å². The normalized spacial score (nSPS) is 11.2. The average Bonchev–Trinajstić information content (AvgIpc) is 3.17. The summed E-state index contributed by atoms with van der Waals surface area (Å²) in [5, 5.41) is 12.2. The summed E-state index contributed by atoms with van der Waals surface area (Å²) in [6.45, 7) is 0. The summed E-state index contributed by atoms with van der Waals surface area (Å²) in [6.07, 6.45) is 6.50. The zero-order valence-corrected chi connectivity index (χ0v) is 11.6. The number of carboxylic acid groups (broad SMARTS) is 1. The van der Waals surface area contributed by atoms with Gasteiger partial charge in [0, 0.05) is 5.38 Å². The monoisotopic (exact) mass is 304 g/mol. The summed E-state index contributed by atoms with van der Waals surface area (Å²) in [4.78, 5) is 19.4. The maximum absolute atomic E-state index is 10.7. The molecule has 0 fully saturated rings. The van der Waals surface area contributed by atoms with Crippen LogP contribution >= 0.6 is 22.7 Å². The van der Waals surface area contributed by atoms with Crippen LogP contribution in [0.4, 0.5) is 0 Å². The van der Waals surface area contributed by atoms with Crippen LogP contribution in [0.25, 0.3) is 22.9 Å². The number of carboxylic acids is 1. The second-order valence-corrected chi connectivity index (χ2v) is 5.68. The Kier molecular flexibility index (Phi) is 3.44. The van der Waals surface area contributed by atoms with Crippen molar-refractivity contribution >= 4 is 40.8 Å². The van der Waals surface area contributed by atoms with E-state index in [1.54, 1.807) is 18.4 Å². The van der Waals surface area contributed by atoms with Gasteiger partial charge in [-0.15, -0.1) is 22.7 Å². The molecule has 0 amide bonds. The van der Waals surface area contributed by atoms with E-state index in [0.717, 1.165) is 27.8 Å². The lowest BCUT2D eigenvalue weighted by Gasteiger charge is -1.86. The largest absolute Gasteiger partial charge is 0.477 e. The van der Waals surface area contributed by atoms with Crippen LogP contribution in [0, 0.1) is 0 Å². The molecule has 3 aromatic heterocycles. The molecule has 0 saturated heterocycles. The van der Waals surface area contributed by atoms with Gasteiger partial charge in [0.1, 0.15) is 9.88 Å². The third-order valence-electron chi connectivity index (χ3n) is 2.38. The number of rotatable bonds is 4. The predicted octanol–water partition coefficient (Wildman–Crippen LogP) is 3.73. The lowest BCUT2D eigenvalue weighted by Crippen LogP contribution is -1.89. The SMILES string of the molecule is O=C(O)c1cnc(/C=C/c2csc(-c3ccco3)n2)s1. The number of aromatic carboxylic acids is 1. The Morgan fingerprint density at radius 1 is 1.40 bits per heavy atom. The van der Waals surface area contributed by atoms with Crippen LogP contribution in [0.1, 0.15) is 20.4 Å². The van der Waals surface area contributed by atoms with Crippen LogP contribution in [-0.4, -0.2) is 21.0 Å². The van der Waals surface area contributed by atoms with Crippen LogP contribution in [0.3, 0.4) is 0 Å². The van der Waals surface area contributed by atoms with Crippen LogP contribution < -0.4 is 0 Å². The standard InChI is InChI=1S/C13H8N2O3S2/c16-13(17)10-6-14-11(20-10)4-3-8-7-19-12(15-8)9-2-1-5-18-9/h1-7H,(H,16,17)/b4-3+. The molecule has 3 aromatic rings. The first-order valence-corrected chi connectivity index (χ1v) is 7.28. The van der Waals surface area contributed by atoms with E-state index in [-0.39, 0.29) is 4.88 Å². The molecule has 0 unspecified atom stereocenters. The minimum absolute atomic E-state index is 0.221. The van der Waals surface area contributed by atoms with Gasteiger partial charge in [-0.25, -0.2) is 14.8 Å². The Bertz CT molecular complexity index is 756. The first-order chi connectivity index (χ1) is 9.72. The highest BCUT2D eigenvalue weighted by Gasteiger charge is 2.07. The molecule has 0 atom stereocenters. The molecule has 100 valence electrons. The van der Waals surface area contributed by atoms with E-state index in [2.05, 4.69) is 9.97 Å². The van der Waals surface area contributed by atoms with Gasteiger partial charge in [0.2, 0.25) is 0 Å². The lowest BCUT2D eigenvalue weighted by atomic mass is 10.4. The molecule has 0 spiro atoms. The quantitative estimate of drug-likeness (QED) is 0.794. The molecular formula is C13H8N2O3S2. The van der Waals surface area contributed by atoms with Gasteiger partial charge in [0.15, 0.2) is 10.8 Å². The number of furan rings is 1. The fourth-order valence-corrected chi connectivity index (χ4v) is 2.91. The van der Waals surface area contributed by atoms with Crippen molar-refractivity contribution in [1.29, 1.82) is 0 Å². The molecule has 0 aromatic carbocycles. The topological polar surface area (TPSA) is 76.2 Å². The second kappa shape index (κ2) is 5.40. The van der Waals surface area contributed by atoms with Crippen molar-refractivity contribution in [3.63, 3.8) is 0 Å². The Labute approximate surface area is 121 Å². The van der Waals surface area contributed by atoms with Gasteiger partial charge in [-0.3, -0.25) is 0 Å². The van der Waals surface area contributed by atoms with Crippen molar-refractivity contribution in [2.45, 2.75) is 0 Å². The average molecular weight is 304 g/mol. The predicted molar refractivity (Wildman–Crippen MR) is 77.8 cm³/mol. The van der Waals surface area contributed by atoms with Crippen LogP contribution in [0.2, 0.25) is 0 Å². The Morgan fingerprint density at radius 3 is 3.00 bits per heavy atom. The van der Waals surface area contributed by atoms with Crippen molar-refractivity contribution in [3.05, 3.63) is 45.6 Å². The summed E-state index contributed by atoms with van der Waals surface area (Å²) in [6, 6.07) is 3.67. The Hall–Kier alpha value is -2.25. The van der Waals surface area contributed by atoms with E-state index < -0.39 is 5.97 Å². The smallest absolute Gasteiger partial charge is 0.347 e. The van der Waals surface area contributed by atoms with Crippen molar-refractivity contribution in [1.82, 2.24) is 9.97 Å². The molecule has 0 aliphatic heterocycles. The molecule has 7 heteroatoms. The number of thiazole rings is 2. The maximum atomic E-state index is 10.7.